The lowest BCUT2D eigenvalue weighted by molar-refractivity contribution is -0.117. The van der Waals surface area contributed by atoms with Gasteiger partial charge >= 0.3 is 0 Å². The molecule has 0 aliphatic heterocycles. The normalized spacial score (nSPS) is 11.1. The van der Waals surface area contributed by atoms with E-state index in [2.05, 4.69) is 20.9 Å². The topological polar surface area (TPSA) is 107 Å². The summed E-state index contributed by atoms with van der Waals surface area (Å²) in [5.41, 5.74) is 11.2. The summed E-state index contributed by atoms with van der Waals surface area (Å²) >= 11 is 3.39. The molecule has 0 spiro atoms. The predicted octanol–water partition coefficient (Wildman–Crippen LogP) is 2.11. The smallest absolute Gasteiger partial charge is 0.254 e. The van der Waals surface area contributed by atoms with Gasteiger partial charge in [0.2, 0.25) is 0 Å². The molecule has 0 saturated heterocycles. The molecule has 0 bridgehead atoms. The van der Waals surface area contributed by atoms with E-state index in [0.717, 1.165) is 9.86 Å². The zero-order valence-electron chi connectivity index (χ0n) is 12.5. The Kier molecular flexibility index (Phi) is 4.75. The number of carbonyl (C=O) groups is 1. The fourth-order valence-electron chi connectivity index (χ4n) is 2.45. The van der Waals surface area contributed by atoms with Crippen LogP contribution >= 0.6 is 15.9 Å². The average molecular weight is 367 g/mol. The number of fused-ring (bicyclic) bond motifs is 1. The molecule has 0 fully saturated rings. The number of carbonyl (C=O) groups excluding carboxylic acids is 1. The highest BCUT2D eigenvalue weighted by Gasteiger charge is 2.19. The molecule has 0 aliphatic carbocycles. The second kappa shape index (κ2) is 6.39. The van der Waals surface area contributed by atoms with Crippen LogP contribution in [0.3, 0.4) is 0 Å². The minimum atomic E-state index is -0.438. The van der Waals surface area contributed by atoms with Gasteiger partial charge in [-0.05, 0) is 18.1 Å². The maximum Gasteiger partial charge on any atom is 0.254 e. The zero-order valence-corrected chi connectivity index (χ0v) is 14.1. The fourth-order valence-corrected chi connectivity index (χ4v) is 2.81. The number of aliphatic imine (C=N–C) groups is 1. The summed E-state index contributed by atoms with van der Waals surface area (Å²) in [7, 11) is 0. The number of benzene rings is 1. The predicted molar refractivity (Wildman–Crippen MR) is 90.7 cm³/mol. The molecule has 1 amide bonds. The largest absolute Gasteiger partial charge is 0.494 e. The second-order valence-electron chi connectivity index (χ2n) is 5.57. The molecule has 22 heavy (non-hydrogen) atoms. The Morgan fingerprint density at radius 2 is 2.05 bits per heavy atom. The SMILES string of the molecule is CC(C)Cn1c(O)c2cc(Br)ccc2c1CC(=O)N=C(N)N. The number of rotatable bonds is 4. The third-order valence-corrected chi connectivity index (χ3v) is 3.73. The van der Waals surface area contributed by atoms with Crippen LogP contribution in [0.15, 0.2) is 27.7 Å². The number of hydrogen-bond acceptors (Lipinski definition) is 2. The summed E-state index contributed by atoms with van der Waals surface area (Å²) in [4.78, 5) is 15.5. The van der Waals surface area contributed by atoms with Crippen LogP contribution in [-0.4, -0.2) is 21.5 Å². The molecule has 1 aromatic carbocycles. The lowest BCUT2D eigenvalue weighted by Gasteiger charge is -2.12. The van der Waals surface area contributed by atoms with Gasteiger partial charge in [0.1, 0.15) is 0 Å². The van der Waals surface area contributed by atoms with Crippen molar-refractivity contribution < 1.29 is 9.90 Å². The van der Waals surface area contributed by atoms with Crippen LogP contribution in [0.1, 0.15) is 19.5 Å². The number of aromatic hydroxyl groups is 1. The van der Waals surface area contributed by atoms with Crippen molar-refractivity contribution in [2.24, 2.45) is 22.4 Å². The third kappa shape index (κ3) is 3.41. The second-order valence-corrected chi connectivity index (χ2v) is 6.49. The number of amides is 1. The van der Waals surface area contributed by atoms with Crippen LogP contribution in [0.2, 0.25) is 0 Å². The molecule has 0 atom stereocenters. The van der Waals surface area contributed by atoms with Crippen molar-refractivity contribution in [3.05, 3.63) is 28.4 Å². The maximum absolute atomic E-state index is 11.9. The lowest BCUT2D eigenvalue weighted by Crippen LogP contribution is -2.25. The molecule has 0 unspecified atom stereocenters. The molecule has 2 rings (SSSR count). The van der Waals surface area contributed by atoms with Crippen molar-refractivity contribution in [3.8, 4) is 5.88 Å². The van der Waals surface area contributed by atoms with Crippen LogP contribution in [0.25, 0.3) is 10.8 Å². The van der Waals surface area contributed by atoms with Gasteiger partial charge in [0.25, 0.3) is 5.91 Å². The van der Waals surface area contributed by atoms with Gasteiger partial charge < -0.3 is 21.1 Å². The third-order valence-electron chi connectivity index (χ3n) is 3.24. The van der Waals surface area contributed by atoms with E-state index in [1.165, 1.54) is 0 Å². The highest BCUT2D eigenvalue weighted by atomic mass is 79.9. The number of nitrogens with zero attached hydrogens (tertiary/aromatic N) is 2. The Morgan fingerprint density at radius 1 is 1.36 bits per heavy atom. The molecule has 2 aromatic rings. The van der Waals surface area contributed by atoms with E-state index in [9.17, 15) is 9.90 Å². The molecule has 1 aromatic heterocycles. The van der Waals surface area contributed by atoms with E-state index in [0.29, 0.717) is 23.5 Å². The first-order valence-corrected chi connectivity index (χ1v) is 7.71. The molecule has 6 nitrogen and oxygen atoms in total. The molecule has 7 heteroatoms. The van der Waals surface area contributed by atoms with Crippen LogP contribution in [-0.2, 0) is 17.8 Å². The molecular weight excluding hydrogens is 348 g/mol. The number of hydrogen-bond donors (Lipinski definition) is 3. The Morgan fingerprint density at radius 3 is 2.64 bits per heavy atom. The molecule has 1 heterocycles. The quantitative estimate of drug-likeness (QED) is 0.568. The summed E-state index contributed by atoms with van der Waals surface area (Å²) in [6.45, 7) is 4.69. The molecule has 0 saturated carbocycles. The van der Waals surface area contributed by atoms with Crippen molar-refractivity contribution >= 4 is 38.6 Å². The fraction of sp³-hybridized carbons (Fsp3) is 0.333. The molecular formula is C15H19BrN4O2. The number of aromatic nitrogens is 1. The van der Waals surface area contributed by atoms with Gasteiger partial charge in [-0.15, -0.1) is 0 Å². The van der Waals surface area contributed by atoms with Crippen molar-refractivity contribution in [2.45, 2.75) is 26.8 Å². The minimum absolute atomic E-state index is 0.0311. The van der Waals surface area contributed by atoms with Crippen LogP contribution in [0.5, 0.6) is 5.88 Å². The molecule has 118 valence electrons. The van der Waals surface area contributed by atoms with Gasteiger partial charge in [0.15, 0.2) is 11.8 Å². The van der Waals surface area contributed by atoms with Gasteiger partial charge in [-0.1, -0.05) is 35.8 Å². The molecule has 0 aliphatic rings. The Hall–Kier alpha value is -2.02. The Bertz CT molecular complexity index is 746. The maximum atomic E-state index is 11.9. The van der Waals surface area contributed by atoms with E-state index in [1.54, 1.807) is 4.57 Å². The monoisotopic (exact) mass is 366 g/mol. The molecule has 0 radical (unpaired) electrons. The van der Waals surface area contributed by atoms with E-state index in [4.69, 9.17) is 11.5 Å². The molecule has 5 N–H and O–H groups in total. The minimum Gasteiger partial charge on any atom is -0.494 e. The van der Waals surface area contributed by atoms with Crippen molar-refractivity contribution in [2.75, 3.05) is 0 Å². The van der Waals surface area contributed by atoms with E-state index in [-0.39, 0.29) is 18.3 Å². The van der Waals surface area contributed by atoms with Gasteiger partial charge in [-0.3, -0.25) is 4.79 Å². The van der Waals surface area contributed by atoms with Gasteiger partial charge in [0.05, 0.1) is 6.42 Å². The zero-order chi connectivity index (χ0) is 16.4. The Balaban J connectivity index is 2.58. The van der Waals surface area contributed by atoms with E-state index >= 15 is 0 Å². The first-order chi connectivity index (χ1) is 10.3. The van der Waals surface area contributed by atoms with Crippen LogP contribution in [0.4, 0.5) is 0 Å². The van der Waals surface area contributed by atoms with Gasteiger partial charge in [-0.25, -0.2) is 0 Å². The summed E-state index contributed by atoms with van der Waals surface area (Å²) in [5, 5.41) is 12.0. The number of guanidine groups is 1. The van der Waals surface area contributed by atoms with Crippen molar-refractivity contribution in [1.82, 2.24) is 4.57 Å². The average Bonchev–Trinajstić information content (AvgIpc) is 2.62. The number of halogens is 1. The summed E-state index contributed by atoms with van der Waals surface area (Å²) in [6.07, 6.45) is 0.0311. The summed E-state index contributed by atoms with van der Waals surface area (Å²) in [5.74, 6) is -0.235. The van der Waals surface area contributed by atoms with Crippen molar-refractivity contribution in [1.29, 1.82) is 0 Å². The standard InChI is InChI=1S/C15H19BrN4O2/c1-8(2)7-20-12(6-13(21)19-15(17)18)10-4-3-9(16)5-11(10)14(20)22/h3-5,8,22H,6-7H2,1-2H3,(H4,17,18,19,21). The number of nitrogens with two attached hydrogens (primary N) is 2. The Labute approximate surface area is 136 Å². The van der Waals surface area contributed by atoms with Gasteiger partial charge in [0, 0.05) is 27.5 Å². The van der Waals surface area contributed by atoms with Crippen LogP contribution < -0.4 is 11.5 Å². The summed E-state index contributed by atoms with van der Waals surface area (Å²) in [6, 6.07) is 5.57. The van der Waals surface area contributed by atoms with Crippen molar-refractivity contribution in [3.63, 3.8) is 0 Å². The van der Waals surface area contributed by atoms with E-state index < -0.39 is 5.91 Å². The highest BCUT2D eigenvalue weighted by Crippen LogP contribution is 2.34. The summed E-state index contributed by atoms with van der Waals surface area (Å²) < 4.78 is 2.61. The first kappa shape index (κ1) is 16.4. The highest BCUT2D eigenvalue weighted by molar-refractivity contribution is 9.10. The van der Waals surface area contributed by atoms with E-state index in [1.807, 2.05) is 32.0 Å². The van der Waals surface area contributed by atoms with Crippen LogP contribution in [0, 0.1) is 5.92 Å². The first-order valence-electron chi connectivity index (χ1n) is 6.91. The lowest BCUT2D eigenvalue weighted by atomic mass is 10.1. The van der Waals surface area contributed by atoms with Gasteiger partial charge in [-0.2, -0.15) is 4.99 Å².